The number of nitrogen functional groups attached to an aromatic ring is 1. The van der Waals surface area contributed by atoms with Crippen LogP contribution in [0.1, 0.15) is 30.7 Å². The average molecular weight is 588 g/mol. The highest BCUT2D eigenvalue weighted by molar-refractivity contribution is 7.98. The van der Waals surface area contributed by atoms with Gasteiger partial charge in [-0.3, -0.25) is 0 Å². The molecular formula is C30H26ClN5O4S. The minimum absolute atomic E-state index is 0.0512. The van der Waals surface area contributed by atoms with Crippen molar-refractivity contribution in [3.63, 3.8) is 0 Å². The zero-order valence-electron chi connectivity index (χ0n) is 22.6. The predicted octanol–water partition coefficient (Wildman–Crippen LogP) is 7.19. The summed E-state index contributed by atoms with van der Waals surface area (Å²) in [6, 6.07) is 14.9. The molecule has 0 radical (unpaired) electrons. The highest BCUT2D eigenvalue weighted by atomic mass is 35.5. The highest BCUT2D eigenvalue weighted by Gasteiger charge is 2.33. The molecule has 9 nitrogen and oxygen atoms in total. The summed E-state index contributed by atoms with van der Waals surface area (Å²) in [5, 5.41) is 11.2. The van der Waals surface area contributed by atoms with Crippen molar-refractivity contribution < 1.29 is 18.6 Å². The van der Waals surface area contributed by atoms with Gasteiger partial charge in [0.05, 0.1) is 24.4 Å². The third-order valence-electron chi connectivity index (χ3n) is 6.35. The van der Waals surface area contributed by atoms with Crippen molar-refractivity contribution >= 4 is 34.9 Å². The third-order valence-corrected chi connectivity index (χ3v) is 7.78. The fourth-order valence-corrected chi connectivity index (χ4v) is 5.34. The number of nitrogens with zero attached hydrogens (tertiary/aromatic N) is 4. The number of halogens is 1. The number of aryl methyl sites for hydroxylation is 1. The first-order chi connectivity index (χ1) is 19.7. The largest absolute Gasteiger partial charge is 0.491 e. The normalized spacial score (nSPS) is 15.8. The van der Waals surface area contributed by atoms with E-state index in [1.54, 1.807) is 36.6 Å². The maximum Gasteiger partial charge on any atom is 0.236 e. The lowest BCUT2D eigenvalue weighted by Gasteiger charge is -2.17. The Balaban J connectivity index is 1.35. The van der Waals surface area contributed by atoms with Gasteiger partial charge in [0.2, 0.25) is 11.6 Å². The van der Waals surface area contributed by atoms with Crippen molar-refractivity contribution in [1.82, 2.24) is 9.97 Å². The molecule has 1 aliphatic heterocycles. The molecule has 208 valence electrons. The molecule has 0 aliphatic carbocycles. The van der Waals surface area contributed by atoms with Gasteiger partial charge in [0.1, 0.15) is 41.6 Å². The van der Waals surface area contributed by atoms with Crippen LogP contribution in [0.25, 0.3) is 27.4 Å². The van der Waals surface area contributed by atoms with E-state index in [0.29, 0.717) is 57.5 Å². The van der Waals surface area contributed by atoms with E-state index < -0.39 is 5.79 Å². The van der Waals surface area contributed by atoms with Gasteiger partial charge in [-0.2, -0.15) is 5.26 Å². The van der Waals surface area contributed by atoms with Gasteiger partial charge in [0, 0.05) is 21.9 Å². The summed E-state index contributed by atoms with van der Waals surface area (Å²) >= 11 is 7.43. The van der Waals surface area contributed by atoms with Crippen LogP contribution >= 0.6 is 23.4 Å². The number of anilines is 1. The Hall–Kier alpha value is -4.06. The van der Waals surface area contributed by atoms with Crippen molar-refractivity contribution in [2.24, 2.45) is 0 Å². The summed E-state index contributed by atoms with van der Waals surface area (Å²) in [6.45, 7) is 14.1. The minimum atomic E-state index is -0.621. The van der Waals surface area contributed by atoms with Gasteiger partial charge >= 0.3 is 0 Å². The maximum absolute atomic E-state index is 10.1. The number of benzene rings is 2. The van der Waals surface area contributed by atoms with E-state index in [1.165, 1.54) is 11.8 Å². The number of nitrogens with two attached hydrogens (primary N) is 1. The fraction of sp³-hybridized carbons (Fsp3) is 0.267. The SMILES string of the molecule is [C-]#[N+]c1c(N)nc(SCc2coc(-c3ccc(Cl)c(C)c3)n2)c(C#N)c1-c1ccc(OC[C@H]2COC(C)(C)O2)cc1. The molecule has 2 N–H and O–H groups in total. The maximum atomic E-state index is 10.1. The topological polar surface area (TPSA) is 121 Å². The third kappa shape index (κ3) is 6.32. The summed E-state index contributed by atoms with van der Waals surface area (Å²) in [5.74, 6) is 0.903. The molecule has 0 spiro atoms. The molecule has 4 aromatic rings. The zero-order chi connectivity index (χ0) is 29.1. The number of nitriles is 1. The molecule has 3 heterocycles. The zero-order valence-corrected chi connectivity index (χ0v) is 24.2. The number of pyridine rings is 1. The van der Waals surface area contributed by atoms with E-state index in [9.17, 15) is 5.26 Å². The number of rotatable bonds is 8. The first-order valence-corrected chi connectivity index (χ1v) is 14.0. The number of thioether (sulfide) groups is 1. The van der Waals surface area contributed by atoms with E-state index in [4.69, 9.17) is 42.5 Å². The van der Waals surface area contributed by atoms with Crippen LogP contribution in [-0.2, 0) is 15.2 Å². The van der Waals surface area contributed by atoms with Gasteiger partial charge in [-0.1, -0.05) is 35.5 Å². The molecule has 5 rings (SSSR count). The molecule has 2 aromatic heterocycles. The van der Waals surface area contributed by atoms with Crippen molar-refractivity contribution in [1.29, 1.82) is 5.26 Å². The second-order valence-corrected chi connectivity index (χ2v) is 11.2. The van der Waals surface area contributed by atoms with E-state index in [-0.39, 0.29) is 23.2 Å². The van der Waals surface area contributed by atoms with Gasteiger partial charge in [-0.25, -0.2) is 14.8 Å². The summed E-state index contributed by atoms with van der Waals surface area (Å²) in [7, 11) is 0. The number of hydrogen-bond acceptors (Lipinski definition) is 9. The summed E-state index contributed by atoms with van der Waals surface area (Å²) in [4.78, 5) is 12.5. The van der Waals surface area contributed by atoms with Crippen LogP contribution in [0.5, 0.6) is 5.75 Å². The van der Waals surface area contributed by atoms with E-state index in [0.717, 1.165) is 11.1 Å². The molecule has 41 heavy (non-hydrogen) atoms. The number of ether oxygens (including phenoxy) is 3. The summed E-state index contributed by atoms with van der Waals surface area (Å²) in [5.41, 5.74) is 10.1. The smallest absolute Gasteiger partial charge is 0.236 e. The van der Waals surface area contributed by atoms with Crippen LogP contribution in [0, 0.1) is 24.8 Å². The van der Waals surface area contributed by atoms with Gasteiger partial charge < -0.3 is 24.4 Å². The van der Waals surface area contributed by atoms with Crippen LogP contribution in [0.15, 0.2) is 58.2 Å². The second kappa shape index (κ2) is 11.8. The minimum Gasteiger partial charge on any atom is -0.491 e. The van der Waals surface area contributed by atoms with Crippen LogP contribution in [0.2, 0.25) is 5.02 Å². The first-order valence-electron chi connectivity index (χ1n) is 12.7. The Bertz CT molecular complexity index is 1670. The summed E-state index contributed by atoms with van der Waals surface area (Å²) in [6.07, 6.45) is 1.40. The van der Waals surface area contributed by atoms with Gasteiger partial charge in [-0.05, 0) is 62.2 Å². The highest BCUT2D eigenvalue weighted by Crippen LogP contribution is 2.42. The van der Waals surface area contributed by atoms with Gasteiger partial charge in [-0.15, -0.1) is 0 Å². The number of oxazole rings is 1. The van der Waals surface area contributed by atoms with E-state index in [2.05, 4.69) is 20.9 Å². The fourth-order valence-electron chi connectivity index (χ4n) is 4.35. The molecule has 0 bridgehead atoms. The van der Waals surface area contributed by atoms with E-state index in [1.807, 2.05) is 32.9 Å². The Kier molecular flexibility index (Phi) is 8.20. The molecule has 0 unspecified atom stereocenters. The molecular weight excluding hydrogens is 562 g/mol. The van der Waals surface area contributed by atoms with Crippen LogP contribution < -0.4 is 10.5 Å². The Labute approximate surface area is 247 Å². The summed E-state index contributed by atoms with van der Waals surface area (Å²) < 4.78 is 22.9. The molecule has 1 atom stereocenters. The van der Waals surface area contributed by atoms with Crippen LogP contribution in [0.4, 0.5) is 11.5 Å². The van der Waals surface area contributed by atoms with Crippen molar-refractivity contribution in [3.8, 4) is 34.4 Å². The van der Waals surface area contributed by atoms with Crippen LogP contribution in [-0.4, -0.2) is 35.1 Å². The van der Waals surface area contributed by atoms with Crippen molar-refractivity contribution in [3.05, 3.63) is 82.0 Å². The molecule has 1 aliphatic rings. The Morgan fingerprint density at radius 2 is 1.98 bits per heavy atom. The lowest BCUT2D eigenvalue weighted by atomic mass is 10.00. The standard InChI is InChI=1S/C30H26ClN5O4S/c1-17-11-19(7-10-24(17)31)28-35-20(13-38-28)16-41-29-23(12-32)25(26(34-4)27(33)36-29)18-5-8-21(9-6-18)37-14-22-15-39-30(2,3)40-22/h5-11,13,22H,14-16H2,1-3H3,(H2,33,36)/t22-/m0/s1. The molecule has 11 heteroatoms. The quantitative estimate of drug-likeness (QED) is 0.168. The second-order valence-electron chi connectivity index (χ2n) is 9.81. The lowest BCUT2D eigenvalue weighted by molar-refractivity contribution is -0.141. The van der Waals surface area contributed by atoms with E-state index >= 15 is 0 Å². The lowest BCUT2D eigenvalue weighted by Crippen LogP contribution is -2.25. The van der Waals surface area contributed by atoms with Gasteiger partial charge in [0.15, 0.2) is 5.79 Å². The number of aromatic nitrogens is 2. The Morgan fingerprint density at radius 1 is 1.22 bits per heavy atom. The molecule has 1 saturated heterocycles. The molecule has 2 aromatic carbocycles. The molecule has 1 fully saturated rings. The average Bonchev–Trinajstić information content (AvgIpc) is 3.58. The number of hydrogen-bond donors (Lipinski definition) is 1. The van der Waals surface area contributed by atoms with Crippen LogP contribution in [0.3, 0.4) is 0 Å². The van der Waals surface area contributed by atoms with Crippen molar-refractivity contribution in [2.75, 3.05) is 18.9 Å². The Morgan fingerprint density at radius 3 is 2.63 bits per heavy atom. The predicted molar refractivity (Wildman–Crippen MR) is 157 cm³/mol. The van der Waals surface area contributed by atoms with Gasteiger partial charge in [0.25, 0.3) is 0 Å². The molecule has 0 amide bonds. The molecule has 0 saturated carbocycles. The van der Waals surface area contributed by atoms with Crippen molar-refractivity contribution in [2.45, 2.75) is 43.4 Å². The monoisotopic (exact) mass is 587 g/mol. The first kappa shape index (κ1) is 28.5.